The monoisotopic (exact) mass is 556 g/mol. The van der Waals surface area contributed by atoms with E-state index in [1.807, 2.05) is 36.4 Å². The molecule has 2 aliphatic rings. The molecule has 1 aliphatic carbocycles. The zero-order valence-corrected chi connectivity index (χ0v) is 21.4. The van der Waals surface area contributed by atoms with Crippen molar-refractivity contribution in [3.63, 3.8) is 0 Å². The highest BCUT2D eigenvalue weighted by atomic mass is 79.9. The summed E-state index contributed by atoms with van der Waals surface area (Å²) >= 11 is 12.2. The highest BCUT2D eigenvalue weighted by Gasteiger charge is 2.50. The molecule has 1 heterocycles. The third-order valence-electron chi connectivity index (χ3n) is 6.79. The third-order valence-corrected chi connectivity index (χ3v) is 9.43. The summed E-state index contributed by atoms with van der Waals surface area (Å²) in [6, 6.07) is 21.0. The summed E-state index contributed by atoms with van der Waals surface area (Å²) in [5.74, 6) is 0.217. The fourth-order valence-corrected chi connectivity index (χ4v) is 7.41. The Morgan fingerprint density at radius 2 is 1.88 bits per heavy atom. The highest BCUT2D eigenvalue weighted by Crippen LogP contribution is 2.58. The highest BCUT2D eigenvalue weighted by molar-refractivity contribution is 9.10. The molecule has 0 bridgehead atoms. The molecule has 1 saturated carbocycles. The topological polar surface area (TPSA) is 72.2 Å². The number of rotatable bonds is 5. The number of para-hydroxylation sites is 1. The van der Waals surface area contributed by atoms with E-state index >= 15 is 0 Å². The van der Waals surface area contributed by atoms with Gasteiger partial charge in [0.15, 0.2) is 5.78 Å². The molecule has 5 nitrogen and oxygen atoms in total. The number of anilines is 1. The van der Waals surface area contributed by atoms with Crippen LogP contribution >= 0.6 is 39.3 Å². The van der Waals surface area contributed by atoms with Crippen molar-refractivity contribution in [2.24, 2.45) is 5.92 Å². The second-order valence-electron chi connectivity index (χ2n) is 8.78. The van der Waals surface area contributed by atoms with Crippen LogP contribution in [0, 0.1) is 16.0 Å². The number of halogens is 2. The first-order valence-electron chi connectivity index (χ1n) is 11.0. The molecular weight excluding hydrogens is 536 g/mol. The first-order chi connectivity index (χ1) is 16.3. The average molecular weight is 558 g/mol. The van der Waals surface area contributed by atoms with Crippen LogP contribution in [0.3, 0.4) is 0 Å². The molecule has 0 unspecified atom stereocenters. The lowest BCUT2D eigenvalue weighted by Crippen LogP contribution is -2.31. The van der Waals surface area contributed by atoms with Crippen LogP contribution in [0.15, 0.2) is 76.1 Å². The van der Waals surface area contributed by atoms with Gasteiger partial charge in [-0.1, -0.05) is 40.2 Å². The van der Waals surface area contributed by atoms with Crippen LogP contribution in [0.5, 0.6) is 0 Å². The molecule has 0 radical (unpaired) electrons. The minimum atomic E-state index is -0.339. The zero-order valence-electron chi connectivity index (χ0n) is 18.3. The van der Waals surface area contributed by atoms with Crippen molar-refractivity contribution in [1.29, 1.82) is 0 Å². The van der Waals surface area contributed by atoms with Gasteiger partial charge in [0.2, 0.25) is 0 Å². The summed E-state index contributed by atoms with van der Waals surface area (Å²) in [5, 5.41) is 15.0. The second-order valence-corrected chi connectivity index (χ2v) is 11.5. The van der Waals surface area contributed by atoms with Crippen LogP contribution in [0.25, 0.3) is 0 Å². The van der Waals surface area contributed by atoms with E-state index in [2.05, 4.69) is 33.4 Å². The van der Waals surface area contributed by atoms with Crippen molar-refractivity contribution in [2.75, 3.05) is 5.32 Å². The fraction of sp³-hybridized carbons (Fsp3) is 0.269. The number of thioether (sulfide) groups is 1. The van der Waals surface area contributed by atoms with E-state index in [0.717, 1.165) is 22.1 Å². The molecular formula is C26H22BrClN2O3S. The fourth-order valence-electron chi connectivity index (χ4n) is 5.21. The maximum atomic E-state index is 12.1. The van der Waals surface area contributed by atoms with Gasteiger partial charge in [-0.25, -0.2) is 0 Å². The van der Waals surface area contributed by atoms with Gasteiger partial charge < -0.3 is 5.32 Å². The lowest BCUT2D eigenvalue weighted by atomic mass is 9.76. The van der Waals surface area contributed by atoms with Gasteiger partial charge >= 0.3 is 0 Å². The third kappa shape index (κ3) is 4.25. The van der Waals surface area contributed by atoms with Crippen molar-refractivity contribution in [3.05, 3.63) is 98.0 Å². The van der Waals surface area contributed by atoms with Gasteiger partial charge in [-0.3, -0.25) is 14.9 Å². The Labute approximate surface area is 215 Å². The van der Waals surface area contributed by atoms with Crippen molar-refractivity contribution < 1.29 is 9.72 Å². The number of nitro benzene ring substituents is 1. The molecule has 0 saturated heterocycles. The number of hydrogen-bond acceptors (Lipinski definition) is 5. The Morgan fingerprint density at radius 1 is 1.15 bits per heavy atom. The van der Waals surface area contributed by atoms with Gasteiger partial charge in [0.1, 0.15) is 0 Å². The molecule has 5 rings (SSSR count). The minimum Gasteiger partial charge on any atom is -0.378 e. The predicted molar refractivity (Wildman–Crippen MR) is 140 cm³/mol. The van der Waals surface area contributed by atoms with Gasteiger partial charge in [0.05, 0.1) is 21.2 Å². The molecule has 0 amide bonds. The maximum absolute atomic E-state index is 12.1. The minimum absolute atomic E-state index is 0.00977. The summed E-state index contributed by atoms with van der Waals surface area (Å²) in [6.07, 6.45) is 0.799. The first-order valence-corrected chi connectivity index (χ1v) is 13.2. The van der Waals surface area contributed by atoms with E-state index in [-0.39, 0.29) is 44.9 Å². The average Bonchev–Trinajstić information content (AvgIpc) is 3.15. The molecule has 1 fully saturated rings. The maximum Gasteiger partial charge on any atom is 0.282 e. The number of Topliss-reactive ketones (excluding diaryl/α,β-unsaturated/α-hetero) is 1. The van der Waals surface area contributed by atoms with Gasteiger partial charge in [-0.05, 0) is 66.8 Å². The van der Waals surface area contributed by atoms with Crippen molar-refractivity contribution in [1.82, 2.24) is 0 Å². The lowest BCUT2D eigenvalue weighted by molar-refractivity contribution is -0.387. The number of benzene rings is 3. The Kier molecular flexibility index (Phi) is 6.44. The predicted octanol–water partition coefficient (Wildman–Crippen LogP) is 7.60. The van der Waals surface area contributed by atoms with Crippen molar-refractivity contribution >= 4 is 56.5 Å². The smallest absolute Gasteiger partial charge is 0.282 e. The number of fused-ring (bicyclic) bond motifs is 3. The summed E-state index contributed by atoms with van der Waals surface area (Å²) < 4.78 is 1.02. The Hall–Kier alpha value is -2.35. The van der Waals surface area contributed by atoms with Crippen molar-refractivity contribution in [2.45, 2.75) is 40.8 Å². The Bertz CT molecular complexity index is 1270. The van der Waals surface area contributed by atoms with Crippen LogP contribution in [0.2, 0.25) is 0 Å². The molecule has 8 heteroatoms. The summed E-state index contributed by atoms with van der Waals surface area (Å²) in [7, 11) is 0. The van der Waals surface area contributed by atoms with E-state index in [1.165, 1.54) is 23.4 Å². The largest absolute Gasteiger partial charge is 0.378 e. The number of alkyl halides is 1. The van der Waals surface area contributed by atoms with E-state index < -0.39 is 0 Å². The molecule has 0 aromatic heterocycles. The number of carbonyl (C=O) groups excluding carboxylic acids is 1. The van der Waals surface area contributed by atoms with E-state index in [1.54, 1.807) is 19.1 Å². The number of ketones is 1. The van der Waals surface area contributed by atoms with Gasteiger partial charge in [0, 0.05) is 33.0 Å². The van der Waals surface area contributed by atoms with Gasteiger partial charge in [-0.2, -0.15) is 0 Å². The quantitative estimate of drug-likeness (QED) is 0.151. The van der Waals surface area contributed by atoms with Crippen LogP contribution in [-0.2, 0) is 0 Å². The summed E-state index contributed by atoms with van der Waals surface area (Å²) in [5.41, 5.74) is 3.98. The molecule has 5 atom stereocenters. The summed E-state index contributed by atoms with van der Waals surface area (Å²) in [6.45, 7) is 1.57. The van der Waals surface area contributed by atoms with Gasteiger partial charge in [-0.15, -0.1) is 23.4 Å². The molecule has 3 aromatic carbocycles. The Balaban J connectivity index is 1.55. The van der Waals surface area contributed by atoms with E-state index in [9.17, 15) is 14.9 Å². The normalized spacial score (nSPS) is 25.2. The molecule has 1 N–H and O–H groups in total. The molecule has 34 heavy (non-hydrogen) atoms. The van der Waals surface area contributed by atoms with E-state index in [4.69, 9.17) is 11.6 Å². The second kappa shape index (κ2) is 9.36. The van der Waals surface area contributed by atoms with Crippen LogP contribution in [0.4, 0.5) is 11.4 Å². The van der Waals surface area contributed by atoms with Crippen LogP contribution < -0.4 is 5.32 Å². The lowest BCUT2D eigenvalue weighted by Gasteiger charge is -2.38. The zero-order chi connectivity index (χ0) is 24.0. The van der Waals surface area contributed by atoms with Crippen LogP contribution in [0.1, 0.15) is 46.8 Å². The number of nitro groups is 1. The number of carbonyl (C=O) groups is 1. The Morgan fingerprint density at radius 3 is 2.59 bits per heavy atom. The molecule has 174 valence electrons. The standard InChI is InChI=1S/C26H22BrClN2O3S/c1-14(31)16-8-11-20-18(12-16)24-19(26(29-20)15-6-9-17(27)10-7-15)13-23(25(24)28)34-22-5-3-2-4-21(22)30(32)33/h2-12,19,23-26,29H,13H2,1H3/t19-,23+,24-,25+,26+/m0/s1. The SMILES string of the molecule is CC(=O)c1ccc2c(c1)[C@@H]1[C@H](Cl)[C@H](Sc3ccccc3[N+](=O)[O-])C[C@@H]1[C@@H](c1ccc(Br)cc1)N2. The summed E-state index contributed by atoms with van der Waals surface area (Å²) in [4.78, 5) is 24.0. The number of hydrogen-bond donors (Lipinski definition) is 1. The van der Waals surface area contributed by atoms with Crippen LogP contribution in [-0.4, -0.2) is 21.3 Å². The van der Waals surface area contributed by atoms with Crippen molar-refractivity contribution in [3.8, 4) is 0 Å². The molecule has 3 aromatic rings. The van der Waals surface area contributed by atoms with E-state index in [0.29, 0.717) is 10.5 Å². The van der Waals surface area contributed by atoms with Gasteiger partial charge in [0.25, 0.3) is 5.69 Å². The molecule has 1 aliphatic heterocycles. The first kappa shape index (κ1) is 23.4. The number of nitrogens with zero attached hydrogens (tertiary/aromatic N) is 1. The molecule has 0 spiro atoms. The number of nitrogens with one attached hydrogen (secondary N) is 1.